The Morgan fingerprint density at radius 1 is 1.35 bits per heavy atom. The van der Waals surface area contributed by atoms with Crippen molar-refractivity contribution >= 4 is 0 Å². The molecule has 0 radical (unpaired) electrons. The summed E-state index contributed by atoms with van der Waals surface area (Å²) in [7, 11) is 0. The molecule has 2 nitrogen and oxygen atoms in total. The Morgan fingerprint density at radius 3 is 2.53 bits per heavy atom. The van der Waals surface area contributed by atoms with Gasteiger partial charge in [0.1, 0.15) is 5.82 Å². The van der Waals surface area contributed by atoms with Crippen LogP contribution in [0.3, 0.4) is 0 Å². The number of benzene rings is 1. The van der Waals surface area contributed by atoms with E-state index in [1.807, 2.05) is 13.0 Å². The van der Waals surface area contributed by atoms with E-state index in [0.717, 1.165) is 11.1 Å². The maximum atomic E-state index is 13.1. The molecule has 1 aromatic carbocycles. The van der Waals surface area contributed by atoms with E-state index in [2.05, 4.69) is 12.3 Å². The molecule has 94 valence electrons. The van der Waals surface area contributed by atoms with Gasteiger partial charge in [-0.2, -0.15) is 0 Å². The summed E-state index contributed by atoms with van der Waals surface area (Å²) in [6.07, 6.45) is 4.88. The lowest BCUT2D eigenvalue weighted by Crippen LogP contribution is -2.39. The van der Waals surface area contributed by atoms with Crippen LogP contribution in [0.15, 0.2) is 18.2 Å². The van der Waals surface area contributed by atoms with Crippen LogP contribution in [0, 0.1) is 18.2 Å². The highest BCUT2D eigenvalue weighted by atomic mass is 19.1. The summed E-state index contributed by atoms with van der Waals surface area (Å²) in [6, 6.07) is 5.08. The summed E-state index contributed by atoms with van der Waals surface area (Å²) in [5, 5.41) is 0. The van der Waals surface area contributed by atoms with Crippen molar-refractivity contribution in [2.45, 2.75) is 45.6 Å². The summed E-state index contributed by atoms with van der Waals surface area (Å²) in [4.78, 5) is 0. The molecule has 1 atom stereocenters. The van der Waals surface area contributed by atoms with E-state index in [1.165, 1.54) is 31.7 Å². The van der Waals surface area contributed by atoms with Crippen LogP contribution >= 0.6 is 0 Å². The molecule has 0 spiro atoms. The second-order valence-corrected chi connectivity index (χ2v) is 5.46. The molecule has 0 bridgehead atoms. The third-order valence-corrected chi connectivity index (χ3v) is 4.15. The number of rotatable bonds is 3. The van der Waals surface area contributed by atoms with E-state index >= 15 is 0 Å². The van der Waals surface area contributed by atoms with Crippen LogP contribution in [-0.2, 0) is 0 Å². The number of hydrogen-bond acceptors (Lipinski definition) is 2. The van der Waals surface area contributed by atoms with E-state index in [1.54, 1.807) is 6.07 Å². The Balaban J connectivity index is 2.34. The molecule has 1 aliphatic rings. The number of aryl methyl sites for hydroxylation is 1. The predicted octanol–water partition coefficient (Wildman–Crippen LogP) is 3.22. The van der Waals surface area contributed by atoms with Crippen molar-refractivity contribution in [2.24, 2.45) is 11.3 Å². The second kappa shape index (κ2) is 4.75. The molecule has 0 aromatic heterocycles. The molecule has 1 aliphatic carbocycles. The zero-order valence-corrected chi connectivity index (χ0v) is 10.6. The number of halogens is 1. The minimum Gasteiger partial charge on any atom is -0.271 e. The largest absolute Gasteiger partial charge is 0.271 e. The Morgan fingerprint density at radius 2 is 2.00 bits per heavy atom. The van der Waals surface area contributed by atoms with Gasteiger partial charge < -0.3 is 0 Å². The van der Waals surface area contributed by atoms with Crippen LogP contribution in [0.25, 0.3) is 0 Å². The van der Waals surface area contributed by atoms with Gasteiger partial charge in [0.15, 0.2) is 0 Å². The molecule has 1 aromatic rings. The van der Waals surface area contributed by atoms with Gasteiger partial charge in [-0.15, -0.1) is 0 Å². The highest BCUT2D eigenvalue weighted by molar-refractivity contribution is 5.31. The van der Waals surface area contributed by atoms with Gasteiger partial charge in [-0.1, -0.05) is 25.8 Å². The Labute approximate surface area is 102 Å². The van der Waals surface area contributed by atoms with Gasteiger partial charge in [-0.25, -0.2) is 4.39 Å². The Bertz CT molecular complexity index is 397. The lowest BCUT2D eigenvalue weighted by atomic mass is 9.76. The Hall–Kier alpha value is -0.930. The minimum atomic E-state index is -0.182. The summed E-state index contributed by atoms with van der Waals surface area (Å²) in [6.45, 7) is 4.22. The first-order valence-corrected chi connectivity index (χ1v) is 6.29. The van der Waals surface area contributed by atoms with E-state index in [-0.39, 0.29) is 17.3 Å². The molecule has 3 heteroatoms. The van der Waals surface area contributed by atoms with E-state index in [0.29, 0.717) is 0 Å². The lowest BCUT2D eigenvalue weighted by Gasteiger charge is -2.34. The van der Waals surface area contributed by atoms with Gasteiger partial charge in [0, 0.05) is 0 Å². The van der Waals surface area contributed by atoms with Crippen LogP contribution < -0.4 is 11.3 Å². The minimum absolute atomic E-state index is 0.116. The first-order chi connectivity index (χ1) is 8.07. The normalized spacial score (nSPS) is 20.5. The van der Waals surface area contributed by atoms with Crippen molar-refractivity contribution in [3.63, 3.8) is 0 Å². The van der Waals surface area contributed by atoms with Crippen LogP contribution in [0.1, 0.15) is 49.8 Å². The van der Waals surface area contributed by atoms with Gasteiger partial charge >= 0.3 is 0 Å². The summed E-state index contributed by atoms with van der Waals surface area (Å²) in [5.74, 6) is 5.55. The maximum absolute atomic E-state index is 13.1. The first-order valence-electron chi connectivity index (χ1n) is 6.29. The van der Waals surface area contributed by atoms with Crippen LogP contribution in [0.2, 0.25) is 0 Å². The van der Waals surface area contributed by atoms with Gasteiger partial charge in [0.05, 0.1) is 6.04 Å². The summed E-state index contributed by atoms with van der Waals surface area (Å²) >= 11 is 0. The highest BCUT2D eigenvalue weighted by Gasteiger charge is 2.37. The average Bonchev–Trinajstić information content (AvgIpc) is 2.70. The monoisotopic (exact) mass is 236 g/mol. The van der Waals surface area contributed by atoms with Crippen molar-refractivity contribution in [3.8, 4) is 0 Å². The number of nitrogens with one attached hydrogen (secondary N) is 1. The number of hydrazine groups is 1. The molecular weight excluding hydrogens is 215 g/mol. The lowest BCUT2D eigenvalue weighted by molar-refractivity contribution is 0.224. The fraction of sp³-hybridized carbons (Fsp3) is 0.571. The second-order valence-electron chi connectivity index (χ2n) is 5.46. The number of hydrogen-bond donors (Lipinski definition) is 2. The standard InChI is InChI=1S/C14H21FN2/c1-10-9-11(15)5-6-12(10)13(17-16)14(2)7-3-4-8-14/h5-6,9,13,17H,3-4,7-8,16H2,1-2H3. The molecule has 0 amide bonds. The molecule has 1 saturated carbocycles. The van der Waals surface area contributed by atoms with E-state index < -0.39 is 0 Å². The van der Waals surface area contributed by atoms with Crippen molar-refractivity contribution in [2.75, 3.05) is 0 Å². The fourth-order valence-electron chi connectivity index (χ4n) is 3.10. The van der Waals surface area contributed by atoms with Crippen molar-refractivity contribution in [1.29, 1.82) is 0 Å². The van der Waals surface area contributed by atoms with E-state index in [9.17, 15) is 4.39 Å². The van der Waals surface area contributed by atoms with Gasteiger partial charge in [-0.05, 0) is 48.4 Å². The zero-order valence-electron chi connectivity index (χ0n) is 10.6. The molecule has 3 N–H and O–H groups in total. The third-order valence-electron chi connectivity index (χ3n) is 4.15. The fourth-order valence-corrected chi connectivity index (χ4v) is 3.10. The molecule has 2 rings (SSSR count). The molecule has 1 fully saturated rings. The molecule has 0 aliphatic heterocycles. The topological polar surface area (TPSA) is 38.0 Å². The molecule has 0 saturated heterocycles. The highest BCUT2D eigenvalue weighted by Crippen LogP contribution is 2.47. The predicted molar refractivity (Wildman–Crippen MR) is 67.8 cm³/mol. The zero-order chi connectivity index (χ0) is 12.5. The molecule has 17 heavy (non-hydrogen) atoms. The molecule has 1 unspecified atom stereocenters. The van der Waals surface area contributed by atoms with Crippen LogP contribution in [0.4, 0.5) is 4.39 Å². The van der Waals surface area contributed by atoms with Gasteiger partial charge in [0.25, 0.3) is 0 Å². The van der Waals surface area contributed by atoms with Crippen molar-refractivity contribution in [1.82, 2.24) is 5.43 Å². The van der Waals surface area contributed by atoms with E-state index in [4.69, 9.17) is 5.84 Å². The SMILES string of the molecule is Cc1cc(F)ccc1C(NN)C1(C)CCCC1. The smallest absolute Gasteiger partial charge is 0.123 e. The van der Waals surface area contributed by atoms with Crippen molar-refractivity contribution in [3.05, 3.63) is 35.1 Å². The Kier molecular flexibility index (Phi) is 3.50. The third kappa shape index (κ3) is 2.35. The summed E-state index contributed by atoms with van der Waals surface area (Å²) in [5.41, 5.74) is 5.23. The van der Waals surface area contributed by atoms with Gasteiger partial charge in [-0.3, -0.25) is 11.3 Å². The molecular formula is C14H21FN2. The summed E-state index contributed by atoms with van der Waals surface area (Å²) < 4.78 is 13.1. The van der Waals surface area contributed by atoms with Gasteiger partial charge in [0.2, 0.25) is 0 Å². The van der Waals surface area contributed by atoms with Crippen LogP contribution in [0.5, 0.6) is 0 Å². The average molecular weight is 236 g/mol. The quantitative estimate of drug-likeness (QED) is 0.624. The molecule has 0 heterocycles. The van der Waals surface area contributed by atoms with Crippen molar-refractivity contribution < 1.29 is 4.39 Å². The maximum Gasteiger partial charge on any atom is 0.123 e. The number of nitrogens with two attached hydrogens (primary N) is 1. The first kappa shape index (κ1) is 12.5. The van der Waals surface area contributed by atoms with Crippen LogP contribution in [-0.4, -0.2) is 0 Å².